The van der Waals surface area contributed by atoms with E-state index in [1.807, 2.05) is 42.0 Å². The van der Waals surface area contributed by atoms with Crippen LogP contribution in [-0.2, 0) is 28.7 Å². The molecule has 0 spiro atoms. The topological polar surface area (TPSA) is 75.7 Å². The van der Waals surface area contributed by atoms with E-state index in [0.717, 1.165) is 35.9 Å². The SMILES string of the molecule is CCCc1c(OCCC(C)CCOc2cccc3c2ccn3CC(=O)OC)ccc2c(C(F)(F)F)noc12. The van der Waals surface area contributed by atoms with Gasteiger partial charge < -0.3 is 23.3 Å². The quantitative estimate of drug-likeness (QED) is 0.187. The molecular weight excluding hydrogens is 501 g/mol. The summed E-state index contributed by atoms with van der Waals surface area (Å²) in [5, 5.41) is 4.14. The first-order valence-electron chi connectivity index (χ1n) is 12.6. The average molecular weight is 533 g/mol. The number of esters is 1. The molecule has 1 atom stereocenters. The highest BCUT2D eigenvalue weighted by Crippen LogP contribution is 2.38. The van der Waals surface area contributed by atoms with Crippen molar-refractivity contribution < 1.29 is 36.7 Å². The van der Waals surface area contributed by atoms with Crippen LogP contribution in [0.4, 0.5) is 13.2 Å². The number of fused-ring (bicyclic) bond motifs is 2. The fourth-order valence-corrected chi connectivity index (χ4v) is 4.41. The highest BCUT2D eigenvalue weighted by atomic mass is 19.4. The zero-order chi connectivity index (χ0) is 27.3. The van der Waals surface area contributed by atoms with Crippen LogP contribution in [-0.4, -0.2) is 36.0 Å². The standard InChI is InChI=1S/C28H31F3N2O5/c1-4-6-20-24(10-9-21-26(20)38-32-27(21)28(29,30)31)37-16-13-18(2)12-15-36-23-8-5-7-22-19(23)11-14-33(22)17-25(34)35-3/h5,7-11,14,18H,4,6,12-13,15-17H2,1-3H3. The predicted octanol–water partition coefficient (Wildman–Crippen LogP) is 6.80. The van der Waals surface area contributed by atoms with E-state index in [9.17, 15) is 18.0 Å². The van der Waals surface area contributed by atoms with Gasteiger partial charge in [-0.05, 0) is 55.5 Å². The second kappa shape index (κ2) is 11.8. The molecular formula is C28H31F3N2O5. The molecule has 2 aromatic carbocycles. The van der Waals surface area contributed by atoms with Crippen molar-refractivity contribution in [3.8, 4) is 11.5 Å². The van der Waals surface area contributed by atoms with Crippen molar-refractivity contribution in [3.63, 3.8) is 0 Å². The van der Waals surface area contributed by atoms with Gasteiger partial charge in [-0.25, -0.2) is 0 Å². The van der Waals surface area contributed by atoms with Gasteiger partial charge in [0.05, 0.1) is 31.2 Å². The Labute approximate surface area is 218 Å². The van der Waals surface area contributed by atoms with Crippen molar-refractivity contribution in [1.82, 2.24) is 9.72 Å². The summed E-state index contributed by atoms with van der Waals surface area (Å²) in [5.74, 6) is 1.24. The van der Waals surface area contributed by atoms with E-state index >= 15 is 0 Å². The maximum atomic E-state index is 13.2. The Morgan fingerprint density at radius 2 is 1.79 bits per heavy atom. The summed E-state index contributed by atoms with van der Waals surface area (Å²) >= 11 is 0. The third-order valence-electron chi connectivity index (χ3n) is 6.51. The second-order valence-corrected chi connectivity index (χ2v) is 9.29. The lowest BCUT2D eigenvalue weighted by atomic mass is 10.0. The van der Waals surface area contributed by atoms with Crippen molar-refractivity contribution >= 4 is 27.8 Å². The Morgan fingerprint density at radius 3 is 2.47 bits per heavy atom. The Bertz CT molecular complexity index is 1390. The van der Waals surface area contributed by atoms with Crippen molar-refractivity contribution in [2.24, 2.45) is 5.92 Å². The van der Waals surface area contributed by atoms with E-state index in [1.54, 1.807) is 6.07 Å². The number of aryl methyl sites for hydroxylation is 1. The van der Waals surface area contributed by atoms with E-state index < -0.39 is 11.9 Å². The summed E-state index contributed by atoms with van der Waals surface area (Å²) in [6.45, 7) is 5.10. The van der Waals surface area contributed by atoms with Gasteiger partial charge in [-0.15, -0.1) is 0 Å². The van der Waals surface area contributed by atoms with E-state index in [0.29, 0.717) is 36.9 Å². The molecule has 0 bridgehead atoms. The van der Waals surface area contributed by atoms with Crippen molar-refractivity contribution in [2.45, 2.75) is 52.3 Å². The summed E-state index contributed by atoms with van der Waals surface area (Å²) in [4.78, 5) is 11.6. The summed E-state index contributed by atoms with van der Waals surface area (Å²) < 4.78 is 63.4. The van der Waals surface area contributed by atoms with Gasteiger partial charge in [0.2, 0.25) is 0 Å². The number of carbonyl (C=O) groups is 1. The number of halogens is 3. The number of hydrogen-bond acceptors (Lipinski definition) is 6. The third kappa shape index (κ3) is 6.06. The molecule has 2 heterocycles. The van der Waals surface area contributed by atoms with Gasteiger partial charge in [0, 0.05) is 17.1 Å². The van der Waals surface area contributed by atoms with Crippen LogP contribution < -0.4 is 9.47 Å². The number of methoxy groups -OCH3 is 1. The van der Waals surface area contributed by atoms with Crippen molar-refractivity contribution in [1.29, 1.82) is 0 Å². The van der Waals surface area contributed by atoms with E-state index in [-0.39, 0.29) is 23.5 Å². The fraction of sp³-hybridized carbons (Fsp3) is 0.429. The molecule has 10 heteroatoms. The van der Waals surface area contributed by atoms with E-state index in [2.05, 4.69) is 12.1 Å². The number of ether oxygens (including phenoxy) is 3. The van der Waals surface area contributed by atoms with Crippen molar-refractivity contribution in [2.75, 3.05) is 20.3 Å². The largest absolute Gasteiger partial charge is 0.493 e. The van der Waals surface area contributed by atoms with Gasteiger partial charge in [-0.3, -0.25) is 4.79 Å². The molecule has 0 amide bonds. The second-order valence-electron chi connectivity index (χ2n) is 9.29. The van der Waals surface area contributed by atoms with Crippen molar-refractivity contribution in [3.05, 3.63) is 53.9 Å². The Balaban J connectivity index is 1.32. The summed E-state index contributed by atoms with van der Waals surface area (Å²) in [5.41, 5.74) is 0.619. The first-order valence-corrected chi connectivity index (χ1v) is 12.6. The number of alkyl halides is 3. The van der Waals surface area contributed by atoms with Crippen LogP contribution in [0.5, 0.6) is 11.5 Å². The maximum Gasteiger partial charge on any atom is 0.437 e. The molecule has 1 unspecified atom stereocenters. The lowest BCUT2D eigenvalue weighted by Gasteiger charge is -2.15. The molecule has 38 heavy (non-hydrogen) atoms. The van der Waals surface area contributed by atoms with E-state index in [4.69, 9.17) is 18.7 Å². The van der Waals surface area contributed by atoms with Crippen LogP contribution in [0.3, 0.4) is 0 Å². The number of hydrogen-bond donors (Lipinski definition) is 0. The van der Waals surface area contributed by atoms with Crippen LogP contribution in [0.1, 0.15) is 44.4 Å². The number of rotatable bonds is 12. The van der Waals surface area contributed by atoms with Crippen LogP contribution in [0.2, 0.25) is 0 Å². The summed E-state index contributed by atoms with van der Waals surface area (Å²) in [6.07, 6.45) is 0.0470. The van der Waals surface area contributed by atoms with Gasteiger partial charge in [-0.2, -0.15) is 13.2 Å². The predicted molar refractivity (Wildman–Crippen MR) is 136 cm³/mol. The molecule has 0 aliphatic carbocycles. The number of carbonyl (C=O) groups excluding carboxylic acids is 1. The minimum atomic E-state index is -4.58. The average Bonchev–Trinajstić information content (AvgIpc) is 3.50. The molecule has 4 rings (SSSR count). The molecule has 0 aliphatic heterocycles. The zero-order valence-electron chi connectivity index (χ0n) is 21.6. The Morgan fingerprint density at radius 1 is 1.05 bits per heavy atom. The molecule has 0 fully saturated rings. The lowest BCUT2D eigenvalue weighted by molar-refractivity contribution is -0.142. The highest BCUT2D eigenvalue weighted by molar-refractivity contribution is 5.87. The molecule has 204 valence electrons. The molecule has 7 nitrogen and oxygen atoms in total. The molecule has 0 aliphatic rings. The number of aromatic nitrogens is 2. The molecule has 0 saturated carbocycles. The third-order valence-corrected chi connectivity index (χ3v) is 6.51. The van der Waals surface area contributed by atoms with E-state index in [1.165, 1.54) is 13.2 Å². The molecule has 0 saturated heterocycles. The number of benzene rings is 2. The van der Waals surface area contributed by atoms with Gasteiger partial charge >= 0.3 is 12.1 Å². The Hall–Kier alpha value is -3.69. The number of nitrogens with zero attached hydrogens (tertiary/aromatic N) is 2. The fourth-order valence-electron chi connectivity index (χ4n) is 4.41. The first kappa shape index (κ1) is 27.3. The first-order chi connectivity index (χ1) is 18.2. The van der Waals surface area contributed by atoms with Crippen LogP contribution in [0.25, 0.3) is 21.9 Å². The minimum absolute atomic E-state index is 0.0468. The molecule has 2 aromatic heterocycles. The van der Waals surface area contributed by atoms with Crippen LogP contribution >= 0.6 is 0 Å². The van der Waals surface area contributed by atoms with Crippen LogP contribution in [0, 0.1) is 5.92 Å². The van der Waals surface area contributed by atoms with Gasteiger partial charge in [0.15, 0.2) is 11.3 Å². The lowest BCUT2D eigenvalue weighted by Crippen LogP contribution is -2.10. The van der Waals surface area contributed by atoms with Gasteiger partial charge in [-0.1, -0.05) is 31.5 Å². The molecule has 0 N–H and O–H groups in total. The monoisotopic (exact) mass is 532 g/mol. The van der Waals surface area contributed by atoms with Gasteiger partial charge in [0.1, 0.15) is 18.0 Å². The summed E-state index contributed by atoms with van der Waals surface area (Å²) in [6, 6.07) is 10.6. The maximum absolute atomic E-state index is 13.2. The van der Waals surface area contributed by atoms with Gasteiger partial charge in [0.25, 0.3) is 0 Å². The molecule has 0 radical (unpaired) electrons. The normalized spacial score (nSPS) is 12.7. The summed E-state index contributed by atoms with van der Waals surface area (Å²) in [7, 11) is 1.36. The Kier molecular flexibility index (Phi) is 8.48. The smallest absolute Gasteiger partial charge is 0.437 e. The highest BCUT2D eigenvalue weighted by Gasteiger charge is 2.37. The molecule has 4 aromatic rings. The zero-order valence-corrected chi connectivity index (χ0v) is 21.6. The minimum Gasteiger partial charge on any atom is -0.493 e. The van der Waals surface area contributed by atoms with Crippen LogP contribution in [0.15, 0.2) is 47.1 Å².